The van der Waals surface area contributed by atoms with Gasteiger partial charge >= 0.3 is 5.97 Å². The van der Waals surface area contributed by atoms with E-state index < -0.39 is 5.97 Å². The first-order valence-electron chi connectivity index (χ1n) is 7.54. The van der Waals surface area contributed by atoms with E-state index in [0.717, 1.165) is 19.4 Å². The summed E-state index contributed by atoms with van der Waals surface area (Å²) in [5, 5.41) is 12.4. The lowest BCUT2D eigenvalue weighted by molar-refractivity contribution is -0.137. The Hall–Kier alpha value is -1.35. The molecule has 0 saturated heterocycles. The highest BCUT2D eigenvalue weighted by atomic mass is 16.4. The highest BCUT2D eigenvalue weighted by molar-refractivity contribution is 5.67. The first kappa shape index (κ1) is 16.7. The number of unbranched alkanes of at least 4 members (excludes halogenated alkanes) is 2. The molecule has 0 radical (unpaired) electrons. The summed E-state index contributed by atoms with van der Waals surface area (Å²) in [4.78, 5) is 11.0. The molecule has 0 aliphatic rings. The van der Waals surface area contributed by atoms with Crippen LogP contribution in [0.15, 0.2) is 18.2 Å². The molecule has 1 aromatic carbocycles. The van der Waals surface area contributed by atoms with Crippen molar-refractivity contribution >= 4 is 5.97 Å². The summed E-state index contributed by atoms with van der Waals surface area (Å²) >= 11 is 0. The van der Waals surface area contributed by atoms with Gasteiger partial charge < -0.3 is 10.4 Å². The van der Waals surface area contributed by atoms with Gasteiger partial charge in [-0.15, -0.1) is 0 Å². The van der Waals surface area contributed by atoms with E-state index >= 15 is 0 Å². The van der Waals surface area contributed by atoms with Gasteiger partial charge in [0, 0.05) is 6.04 Å². The van der Waals surface area contributed by atoms with Crippen molar-refractivity contribution in [2.24, 2.45) is 0 Å². The van der Waals surface area contributed by atoms with Crippen molar-refractivity contribution in [3.8, 4) is 0 Å². The van der Waals surface area contributed by atoms with Gasteiger partial charge in [0.2, 0.25) is 0 Å². The standard InChI is InChI=1S/C17H27NO2/c1-4-5-6-9-18-16(12-17(19)20)11-15-8-7-13(2)14(3)10-15/h7-8,10,16,18H,4-6,9,11-12H2,1-3H3,(H,19,20). The van der Waals surface area contributed by atoms with Crippen LogP contribution in [0.3, 0.4) is 0 Å². The van der Waals surface area contributed by atoms with Crippen molar-refractivity contribution in [3.63, 3.8) is 0 Å². The predicted octanol–water partition coefficient (Wildman–Crippen LogP) is 3.47. The number of carboxylic acid groups (broad SMARTS) is 1. The van der Waals surface area contributed by atoms with Crippen LogP contribution in [0.5, 0.6) is 0 Å². The minimum Gasteiger partial charge on any atom is -0.481 e. The Morgan fingerprint density at radius 1 is 1.25 bits per heavy atom. The van der Waals surface area contributed by atoms with E-state index in [1.54, 1.807) is 0 Å². The molecule has 112 valence electrons. The van der Waals surface area contributed by atoms with Crippen molar-refractivity contribution in [2.75, 3.05) is 6.54 Å². The molecular weight excluding hydrogens is 250 g/mol. The molecule has 0 fully saturated rings. The van der Waals surface area contributed by atoms with E-state index in [-0.39, 0.29) is 12.5 Å². The number of carbonyl (C=O) groups is 1. The smallest absolute Gasteiger partial charge is 0.304 e. The summed E-state index contributed by atoms with van der Waals surface area (Å²) in [6.07, 6.45) is 4.44. The second kappa shape index (κ2) is 8.75. The minimum absolute atomic E-state index is 0.0199. The van der Waals surface area contributed by atoms with Gasteiger partial charge in [0.05, 0.1) is 6.42 Å². The molecule has 1 atom stereocenters. The van der Waals surface area contributed by atoms with Gasteiger partial charge in [-0.25, -0.2) is 0 Å². The maximum absolute atomic E-state index is 11.0. The molecular formula is C17H27NO2. The van der Waals surface area contributed by atoms with E-state index in [0.29, 0.717) is 0 Å². The quantitative estimate of drug-likeness (QED) is 0.680. The zero-order valence-corrected chi connectivity index (χ0v) is 12.9. The van der Waals surface area contributed by atoms with Crippen LogP contribution in [0, 0.1) is 13.8 Å². The third-order valence-electron chi connectivity index (χ3n) is 3.69. The summed E-state index contributed by atoms with van der Waals surface area (Å²) in [6, 6.07) is 6.40. The molecule has 20 heavy (non-hydrogen) atoms. The average molecular weight is 277 g/mol. The Morgan fingerprint density at radius 2 is 2.00 bits per heavy atom. The SMILES string of the molecule is CCCCCNC(CC(=O)O)Cc1ccc(C)c(C)c1. The van der Waals surface area contributed by atoms with Gasteiger partial charge in [0.15, 0.2) is 0 Å². The minimum atomic E-state index is -0.734. The Labute approximate surface area is 122 Å². The molecule has 0 aromatic heterocycles. The molecule has 0 amide bonds. The van der Waals surface area contributed by atoms with E-state index in [1.807, 2.05) is 0 Å². The third kappa shape index (κ3) is 6.20. The van der Waals surface area contributed by atoms with Crippen molar-refractivity contribution in [1.29, 1.82) is 0 Å². The summed E-state index contributed by atoms with van der Waals surface area (Å²) in [5.41, 5.74) is 3.75. The largest absolute Gasteiger partial charge is 0.481 e. The number of benzene rings is 1. The fourth-order valence-electron chi connectivity index (χ4n) is 2.32. The molecule has 0 spiro atoms. The van der Waals surface area contributed by atoms with E-state index in [1.165, 1.54) is 29.5 Å². The number of aliphatic carboxylic acids is 1. The molecule has 0 aliphatic carbocycles. The molecule has 0 aliphatic heterocycles. The third-order valence-corrected chi connectivity index (χ3v) is 3.69. The fraction of sp³-hybridized carbons (Fsp3) is 0.588. The number of hydrogen-bond acceptors (Lipinski definition) is 2. The summed E-state index contributed by atoms with van der Waals surface area (Å²) in [6.45, 7) is 7.26. The van der Waals surface area contributed by atoms with Gasteiger partial charge in [-0.1, -0.05) is 38.0 Å². The van der Waals surface area contributed by atoms with Gasteiger partial charge in [0.1, 0.15) is 0 Å². The molecule has 2 N–H and O–H groups in total. The molecule has 0 saturated carbocycles. The molecule has 0 heterocycles. The van der Waals surface area contributed by atoms with Gasteiger partial charge in [-0.05, 0) is 49.9 Å². The van der Waals surface area contributed by atoms with Gasteiger partial charge in [-0.3, -0.25) is 4.79 Å². The molecule has 1 aromatic rings. The van der Waals surface area contributed by atoms with Gasteiger partial charge in [-0.2, -0.15) is 0 Å². The number of hydrogen-bond donors (Lipinski definition) is 2. The maximum Gasteiger partial charge on any atom is 0.304 e. The summed E-state index contributed by atoms with van der Waals surface area (Å²) in [5.74, 6) is -0.734. The van der Waals surface area contributed by atoms with E-state index in [2.05, 4.69) is 44.3 Å². The van der Waals surface area contributed by atoms with Gasteiger partial charge in [0.25, 0.3) is 0 Å². The highest BCUT2D eigenvalue weighted by Gasteiger charge is 2.13. The van der Waals surface area contributed by atoms with Crippen LogP contribution in [0.25, 0.3) is 0 Å². The number of nitrogens with one attached hydrogen (secondary N) is 1. The maximum atomic E-state index is 11.0. The van der Waals surface area contributed by atoms with Crippen LogP contribution in [0.2, 0.25) is 0 Å². The van der Waals surface area contributed by atoms with Crippen molar-refractivity contribution < 1.29 is 9.90 Å². The Morgan fingerprint density at radius 3 is 2.60 bits per heavy atom. The normalized spacial score (nSPS) is 12.3. The molecule has 3 heteroatoms. The molecule has 0 bridgehead atoms. The highest BCUT2D eigenvalue weighted by Crippen LogP contribution is 2.13. The fourth-order valence-corrected chi connectivity index (χ4v) is 2.32. The predicted molar refractivity (Wildman–Crippen MR) is 83.2 cm³/mol. The zero-order chi connectivity index (χ0) is 15.0. The Kier molecular flexibility index (Phi) is 7.31. The second-order valence-corrected chi connectivity index (χ2v) is 5.58. The molecule has 3 nitrogen and oxygen atoms in total. The van der Waals surface area contributed by atoms with E-state index in [9.17, 15) is 4.79 Å². The lowest BCUT2D eigenvalue weighted by Crippen LogP contribution is -2.34. The van der Waals surface area contributed by atoms with Crippen LogP contribution in [-0.2, 0) is 11.2 Å². The van der Waals surface area contributed by atoms with Crippen LogP contribution in [0.1, 0.15) is 49.3 Å². The first-order valence-corrected chi connectivity index (χ1v) is 7.54. The molecule has 1 rings (SSSR count). The van der Waals surface area contributed by atoms with E-state index in [4.69, 9.17) is 5.11 Å². The topological polar surface area (TPSA) is 49.3 Å². The summed E-state index contributed by atoms with van der Waals surface area (Å²) < 4.78 is 0. The number of rotatable bonds is 9. The lowest BCUT2D eigenvalue weighted by Gasteiger charge is -2.17. The average Bonchev–Trinajstić information content (AvgIpc) is 2.38. The van der Waals surface area contributed by atoms with Crippen LogP contribution in [0.4, 0.5) is 0 Å². The van der Waals surface area contributed by atoms with Crippen molar-refractivity contribution in [3.05, 3.63) is 34.9 Å². The number of aryl methyl sites for hydroxylation is 2. The number of carboxylic acids is 1. The Bertz CT molecular complexity index is 429. The first-order chi connectivity index (χ1) is 9.52. The molecule has 1 unspecified atom stereocenters. The summed E-state index contributed by atoms with van der Waals surface area (Å²) in [7, 11) is 0. The van der Waals surface area contributed by atoms with Crippen molar-refractivity contribution in [1.82, 2.24) is 5.32 Å². The van der Waals surface area contributed by atoms with Crippen LogP contribution >= 0.6 is 0 Å². The second-order valence-electron chi connectivity index (χ2n) is 5.58. The Balaban J connectivity index is 2.58. The van der Waals surface area contributed by atoms with Crippen molar-refractivity contribution in [2.45, 2.75) is 58.9 Å². The van der Waals surface area contributed by atoms with Crippen LogP contribution < -0.4 is 5.32 Å². The monoisotopic (exact) mass is 277 g/mol. The van der Waals surface area contributed by atoms with Crippen LogP contribution in [-0.4, -0.2) is 23.7 Å². The lowest BCUT2D eigenvalue weighted by atomic mass is 9.99. The zero-order valence-electron chi connectivity index (χ0n) is 12.9.